The second-order valence-electron chi connectivity index (χ2n) is 7.74. The highest BCUT2D eigenvalue weighted by molar-refractivity contribution is 5.77. The van der Waals surface area contributed by atoms with Gasteiger partial charge in [-0.3, -0.25) is 4.79 Å². The van der Waals surface area contributed by atoms with Gasteiger partial charge in [0.25, 0.3) is 0 Å². The van der Waals surface area contributed by atoms with E-state index in [0.717, 1.165) is 24.0 Å². The van der Waals surface area contributed by atoms with E-state index in [2.05, 4.69) is 0 Å². The van der Waals surface area contributed by atoms with Gasteiger partial charge < -0.3 is 23.8 Å². The second kappa shape index (κ2) is 10.7. The molecule has 1 aliphatic heterocycles. The van der Waals surface area contributed by atoms with E-state index >= 15 is 0 Å². The fraction of sp³-hybridized carbons (Fsp3) is 0.458. The third-order valence-corrected chi connectivity index (χ3v) is 5.62. The maximum atomic E-state index is 13.0. The number of benzene rings is 2. The van der Waals surface area contributed by atoms with Gasteiger partial charge in [0.15, 0.2) is 18.1 Å². The van der Waals surface area contributed by atoms with Crippen molar-refractivity contribution in [2.75, 3.05) is 34.5 Å². The summed E-state index contributed by atoms with van der Waals surface area (Å²) in [5.41, 5.74) is 1.72. The van der Waals surface area contributed by atoms with E-state index in [1.807, 2.05) is 23.1 Å². The number of methoxy groups -OCH3 is 3. The van der Waals surface area contributed by atoms with Gasteiger partial charge in [-0.2, -0.15) is 13.2 Å². The Morgan fingerprint density at radius 3 is 2.42 bits per heavy atom. The summed E-state index contributed by atoms with van der Waals surface area (Å²) in [5, 5.41) is 0. The number of hydrogen-bond acceptors (Lipinski definition) is 5. The molecule has 2 aromatic rings. The molecule has 9 heteroatoms. The van der Waals surface area contributed by atoms with Crippen molar-refractivity contribution >= 4 is 5.91 Å². The molecule has 0 radical (unpaired) electrons. The number of carbonyl (C=O) groups excluding carboxylic acids is 1. The lowest BCUT2D eigenvalue weighted by atomic mass is 10.0. The minimum Gasteiger partial charge on any atom is -0.497 e. The van der Waals surface area contributed by atoms with E-state index in [1.165, 1.54) is 13.2 Å². The molecule has 1 amide bonds. The molecule has 6 nitrogen and oxygen atoms in total. The number of halogens is 3. The highest BCUT2D eigenvalue weighted by Gasteiger charge is 2.32. The van der Waals surface area contributed by atoms with Gasteiger partial charge in [-0.25, -0.2) is 0 Å². The third kappa shape index (κ3) is 6.24. The first-order chi connectivity index (χ1) is 15.8. The van der Waals surface area contributed by atoms with Crippen LogP contribution in [0.4, 0.5) is 13.2 Å². The molecule has 33 heavy (non-hydrogen) atoms. The third-order valence-electron chi connectivity index (χ3n) is 5.62. The molecule has 0 bridgehead atoms. The number of nitrogens with zero attached hydrogens (tertiary/aromatic N) is 1. The molecule has 1 heterocycles. The minimum absolute atomic E-state index is 0.00624. The first kappa shape index (κ1) is 24.5. The Bertz CT molecular complexity index is 964. The van der Waals surface area contributed by atoms with E-state index < -0.39 is 12.8 Å². The van der Waals surface area contributed by atoms with E-state index in [9.17, 15) is 18.0 Å². The Labute approximate surface area is 191 Å². The number of alkyl halides is 3. The van der Waals surface area contributed by atoms with Crippen LogP contribution in [0.5, 0.6) is 23.0 Å². The second-order valence-corrected chi connectivity index (χ2v) is 7.74. The van der Waals surface area contributed by atoms with Gasteiger partial charge in [0.05, 0.1) is 27.4 Å². The maximum Gasteiger partial charge on any atom is 0.422 e. The Morgan fingerprint density at radius 1 is 1.00 bits per heavy atom. The average Bonchev–Trinajstić information content (AvgIpc) is 3.30. The van der Waals surface area contributed by atoms with Crippen molar-refractivity contribution in [3.63, 3.8) is 0 Å². The molecule has 2 aromatic carbocycles. The van der Waals surface area contributed by atoms with Crippen molar-refractivity contribution in [3.05, 3.63) is 47.5 Å². The zero-order valence-corrected chi connectivity index (χ0v) is 18.9. The van der Waals surface area contributed by atoms with Gasteiger partial charge >= 0.3 is 6.18 Å². The number of hydrogen-bond donors (Lipinski definition) is 0. The van der Waals surface area contributed by atoms with Crippen molar-refractivity contribution < 1.29 is 36.9 Å². The zero-order chi connectivity index (χ0) is 24.0. The Hall–Kier alpha value is -3.10. The molecule has 1 fully saturated rings. The van der Waals surface area contributed by atoms with E-state index in [4.69, 9.17) is 18.9 Å². The summed E-state index contributed by atoms with van der Waals surface area (Å²) in [4.78, 5) is 14.9. The van der Waals surface area contributed by atoms with E-state index in [-0.39, 0.29) is 29.9 Å². The first-order valence-electron chi connectivity index (χ1n) is 10.6. The predicted molar refractivity (Wildman–Crippen MR) is 116 cm³/mol. The Morgan fingerprint density at radius 2 is 1.76 bits per heavy atom. The van der Waals surface area contributed by atoms with Crippen molar-refractivity contribution in [1.29, 1.82) is 0 Å². The van der Waals surface area contributed by atoms with E-state index in [1.54, 1.807) is 26.4 Å². The minimum atomic E-state index is -4.44. The first-order valence-corrected chi connectivity index (χ1v) is 10.6. The largest absolute Gasteiger partial charge is 0.497 e. The van der Waals surface area contributed by atoms with Gasteiger partial charge in [0.1, 0.15) is 11.5 Å². The van der Waals surface area contributed by atoms with Gasteiger partial charge in [0, 0.05) is 24.6 Å². The summed E-state index contributed by atoms with van der Waals surface area (Å²) in [6.45, 7) is -0.738. The van der Waals surface area contributed by atoms with Crippen LogP contribution in [0.25, 0.3) is 0 Å². The van der Waals surface area contributed by atoms with Crippen LogP contribution in [0, 0.1) is 0 Å². The fourth-order valence-corrected chi connectivity index (χ4v) is 4.02. The monoisotopic (exact) mass is 467 g/mol. The van der Waals surface area contributed by atoms with Crippen LogP contribution < -0.4 is 18.9 Å². The van der Waals surface area contributed by atoms with Gasteiger partial charge in [-0.1, -0.05) is 6.07 Å². The normalized spacial score (nSPS) is 15.9. The average molecular weight is 467 g/mol. The summed E-state index contributed by atoms with van der Waals surface area (Å²) >= 11 is 0. The molecule has 180 valence electrons. The van der Waals surface area contributed by atoms with Crippen molar-refractivity contribution in [2.45, 2.75) is 37.9 Å². The van der Waals surface area contributed by atoms with Crippen LogP contribution in [0.2, 0.25) is 0 Å². The molecule has 0 aliphatic carbocycles. The topological polar surface area (TPSA) is 57.2 Å². The molecule has 0 saturated carbocycles. The summed E-state index contributed by atoms with van der Waals surface area (Å²) in [6.07, 6.45) is -2.01. The highest BCUT2D eigenvalue weighted by atomic mass is 19.4. The summed E-state index contributed by atoms with van der Waals surface area (Å²) in [5.74, 6) is 1.58. The smallest absolute Gasteiger partial charge is 0.422 e. The number of likely N-dealkylation sites (tertiary alicyclic amines) is 1. The lowest BCUT2D eigenvalue weighted by Gasteiger charge is -2.26. The predicted octanol–water partition coefficient (Wildman–Crippen LogP) is 4.95. The molecule has 1 atom stereocenters. The van der Waals surface area contributed by atoms with E-state index in [0.29, 0.717) is 24.5 Å². The number of carbonyl (C=O) groups is 1. The quantitative estimate of drug-likeness (QED) is 0.522. The van der Waals surface area contributed by atoms with Crippen molar-refractivity contribution in [1.82, 2.24) is 4.90 Å². The SMILES string of the molecule is COc1ccc(C2CCCN2C(=O)CCc2ccc(OCC(F)(F)F)c(OC)c2)c(OC)c1. The molecule has 1 saturated heterocycles. The number of amides is 1. The lowest BCUT2D eigenvalue weighted by molar-refractivity contribution is -0.153. The summed E-state index contributed by atoms with van der Waals surface area (Å²) in [6, 6.07) is 10.2. The molecule has 0 spiro atoms. The van der Waals surface area contributed by atoms with Gasteiger partial charge in [0.2, 0.25) is 5.91 Å². The maximum absolute atomic E-state index is 13.0. The summed E-state index contributed by atoms with van der Waals surface area (Å²) in [7, 11) is 4.54. The summed E-state index contributed by atoms with van der Waals surface area (Å²) < 4.78 is 58.1. The van der Waals surface area contributed by atoms with Crippen LogP contribution in [-0.2, 0) is 11.2 Å². The standard InChI is InChI=1S/C24H28F3NO5/c1-30-17-8-9-18(21(14-17)31-2)19-5-4-12-28(19)23(29)11-7-16-6-10-20(22(13-16)32-3)33-15-24(25,26)27/h6,8-10,13-14,19H,4-5,7,11-12,15H2,1-3H3. The molecule has 0 N–H and O–H groups in total. The number of ether oxygens (including phenoxy) is 4. The zero-order valence-electron chi connectivity index (χ0n) is 18.9. The van der Waals surface area contributed by atoms with Crippen LogP contribution in [0.1, 0.15) is 36.4 Å². The van der Waals surface area contributed by atoms with Gasteiger partial charge in [-0.15, -0.1) is 0 Å². The Kier molecular flexibility index (Phi) is 7.94. The van der Waals surface area contributed by atoms with Crippen molar-refractivity contribution in [2.24, 2.45) is 0 Å². The van der Waals surface area contributed by atoms with Crippen LogP contribution in [0.15, 0.2) is 36.4 Å². The Balaban J connectivity index is 1.66. The lowest BCUT2D eigenvalue weighted by Crippen LogP contribution is -2.31. The van der Waals surface area contributed by atoms with Crippen LogP contribution >= 0.6 is 0 Å². The molecular weight excluding hydrogens is 439 g/mol. The number of rotatable bonds is 9. The molecule has 1 aliphatic rings. The fourth-order valence-electron chi connectivity index (χ4n) is 4.02. The molecular formula is C24H28F3NO5. The molecule has 1 unspecified atom stereocenters. The molecule has 0 aromatic heterocycles. The molecule has 3 rings (SSSR count). The van der Waals surface area contributed by atoms with Crippen LogP contribution in [0.3, 0.4) is 0 Å². The number of aryl methyl sites for hydroxylation is 1. The highest BCUT2D eigenvalue weighted by Crippen LogP contribution is 2.39. The van der Waals surface area contributed by atoms with Gasteiger partial charge in [-0.05, 0) is 49.1 Å². The van der Waals surface area contributed by atoms with Crippen molar-refractivity contribution in [3.8, 4) is 23.0 Å². The van der Waals surface area contributed by atoms with Crippen LogP contribution in [-0.4, -0.2) is 51.5 Å².